The summed E-state index contributed by atoms with van der Waals surface area (Å²) in [6, 6.07) is 109. The zero-order chi connectivity index (χ0) is 47.8. The molecule has 0 N–H and O–H groups in total. The first kappa shape index (κ1) is 42.8. The molecule has 0 saturated carbocycles. The van der Waals surface area contributed by atoms with Gasteiger partial charge in [-0.2, -0.15) is 0 Å². The normalized spacial score (nSPS) is 12.3. The van der Waals surface area contributed by atoms with Crippen LogP contribution in [0.25, 0.3) is 77.5 Å². The van der Waals surface area contributed by atoms with E-state index in [1.165, 1.54) is 99.8 Å². The summed E-state index contributed by atoms with van der Waals surface area (Å²) in [6.07, 6.45) is 0. The fourth-order valence-electron chi connectivity index (χ4n) is 11.3. The van der Waals surface area contributed by atoms with Crippen molar-refractivity contribution in [2.45, 2.75) is 5.41 Å². The Morgan fingerprint density at radius 2 is 0.597 bits per heavy atom. The van der Waals surface area contributed by atoms with Gasteiger partial charge < -0.3 is 4.90 Å². The van der Waals surface area contributed by atoms with Gasteiger partial charge in [0.25, 0.3) is 0 Å². The molecule has 0 spiro atoms. The van der Waals surface area contributed by atoms with Crippen LogP contribution < -0.4 is 4.90 Å². The molecule has 0 fully saturated rings. The van der Waals surface area contributed by atoms with Crippen molar-refractivity contribution in [1.29, 1.82) is 0 Å². The number of rotatable bonds is 10. The van der Waals surface area contributed by atoms with E-state index in [2.05, 4.69) is 302 Å². The van der Waals surface area contributed by atoms with Gasteiger partial charge in [0, 0.05) is 17.1 Å². The van der Waals surface area contributed by atoms with Gasteiger partial charge in [-0.1, -0.05) is 243 Å². The molecule has 0 amide bonds. The summed E-state index contributed by atoms with van der Waals surface area (Å²) >= 11 is 0. The van der Waals surface area contributed by atoms with E-state index in [0.717, 1.165) is 17.1 Å². The third-order valence-corrected chi connectivity index (χ3v) is 14.8. The summed E-state index contributed by atoms with van der Waals surface area (Å²) in [5.74, 6) is 0. The molecule has 0 radical (unpaired) electrons. The Morgan fingerprint density at radius 1 is 0.222 bits per heavy atom. The SMILES string of the molecule is c1ccc(-c2ccc(N(c3ccc(-c4cccc(-c5cccc(-c6ccc7ccccc7c6)c5)c4)cc3)c3ccc(-c4cccc5c4-c4ccccc4C5(c4ccccc4)c4ccccc4)cc3)cc2)cc1. The van der Waals surface area contributed by atoms with Crippen LogP contribution in [-0.4, -0.2) is 0 Å². The summed E-state index contributed by atoms with van der Waals surface area (Å²) in [7, 11) is 0. The summed E-state index contributed by atoms with van der Waals surface area (Å²) in [4.78, 5) is 2.37. The van der Waals surface area contributed by atoms with E-state index >= 15 is 0 Å². The Morgan fingerprint density at radius 3 is 1.18 bits per heavy atom. The number of benzene rings is 12. The van der Waals surface area contributed by atoms with Gasteiger partial charge in [0.1, 0.15) is 0 Å². The van der Waals surface area contributed by atoms with Crippen molar-refractivity contribution < 1.29 is 0 Å². The van der Waals surface area contributed by atoms with Gasteiger partial charge >= 0.3 is 0 Å². The van der Waals surface area contributed by atoms with E-state index in [1.807, 2.05) is 0 Å². The van der Waals surface area contributed by atoms with Crippen LogP contribution in [0, 0.1) is 0 Å². The average molecular weight is 916 g/mol. The second-order valence-corrected chi connectivity index (χ2v) is 18.8. The zero-order valence-corrected chi connectivity index (χ0v) is 39.7. The van der Waals surface area contributed by atoms with E-state index in [1.54, 1.807) is 0 Å². The number of nitrogens with zero attached hydrogens (tertiary/aromatic N) is 1. The molecule has 0 heterocycles. The maximum absolute atomic E-state index is 2.37. The molecule has 72 heavy (non-hydrogen) atoms. The van der Waals surface area contributed by atoms with E-state index in [-0.39, 0.29) is 0 Å². The molecule has 0 saturated heterocycles. The Kier molecular flexibility index (Phi) is 10.8. The van der Waals surface area contributed by atoms with Crippen molar-refractivity contribution in [1.82, 2.24) is 0 Å². The second kappa shape index (κ2) is 18.2. The van der Waals surface area contributed by atoms with Gasteiger partial charge in [0.15, 0.2) is 0 Å². The highest BCUT2D eigenvalue weighted by molar-refractivity contribution is 5.96. The van der Waals surface area contributed by atoms with Crippen molar-refractivity contribution in [2.75, 3.05) is 4.90 Å². The van der Waals surface area contributed by atoms with E-state index < -0.39 is 5.41 Å². The van der Waals surface area contributed by atoms with Gasteiger partial charge in [-0.05, 0) is 154 Å². The quantitative estimate of drug-likeness (QED) is 0.132. The summed E-state index contributed by atoms with van der Waals surface area (Å²) in [6.45, 7) is 0. The molecule has 1 heteroatoms. The van der Waals surface area contributed by atoms with E-state index in [9.17, 15) is 0 Å². The lowest BCUT2D eigenvalue weighted by Crippen LogP contribution is -2.28. The Hall–Kier alpha value is -9.30. The van der Waals surface area contributed by atoms with Gasteiger partial charge in [0.2, 0.25) is 0 Å². The topological polar surface area (TPSA) is 3.24 Å². The van der Waals surface area contributed by atoms with Crippen molar-refractivity contribution >= 4 is 27.8 Å². The van der Waals surface area contributed by atoms with Crippen LogP contribution in [0.1, 0.15) is 22.3 Å². The van der Waals surface area contributed by atoms with Crippen molar-refractivity contribution in [3.05, 3.63) is 320 Å². The number of hydrogen-bond acceptors (Lipinski definition) is 1. The molecule has 0 unspecified atom stereocenters. The minimum atomic E-state index is -0.454. The molecular weight excluding hydrogens is 867 g/mol. The molecule has 13 rings (SSSR count). The number of hydrogen-bond donors (Lipinski definition) is 0. The van der Waals surface area contributed by atoms with Crippen molar-refractivity contribution in [2.24, 2.45) is 0 Å². The van der Waals surface area contributed by atoms with E-state index in [4.69, 9.17) is 0 Å². The fraction of sp³-hybridized carbons (Fsp3) is 0.0141. The highest BCUT2D eigenvalue weighted by Gasteiger charge is 2.46. The highest BCUT2D eigenvalue weighted by Crippen LogP contribution is 2.58. The smallest absolute Gasteiger partial charge is 0.0713 e. The predicted octanol–water partition coefficient (Wildman–Crippen LogP) is 19.0. The molecule has 0 aromatic heterocycles. The number of fused-ring (bicyclic) bond motifs is 4. The lowest BCUT2D eigenvalue weighted by molar-refractivity contribution is 0.768. The molecule has 0 aliphatic heterocycles. The first-order valence-corrected chi connectivity index (χ1v) is 24.9. The molecular formula is C71H49N. The van der Waals surface area contributed by atoms with Crippen LogP contribution in [0.4, 0.5) is 17.1 Å². The van der Waals surface area contributed by atoms with Crippen LogP contribution >= 0.6 is 0 Å². The molecule has 338 valence electrons. The van der Waals surface area contributed by atoms with Crippen LogP contribution in [0.2, 0.25) is 0 Å². The third-order valence-electron chi connectivity index (χ3n) is 14.8. The molecule has 0 atom stereocenters. The van der Waals surface area contributed by atoms with Gasteiger partial charge in [-0.25, -0.2) is 0 Å². The molecule has 12 aromatic rings. The van der Waals surface area contributed by atoms with Crippen molar-refractivity contribution in [3.8, 4) is 66.8 Å². The van der Waals surface area contributed by atoms with Gasteiger partial charge in [-0.15, -0.1) is 0 Å². The van der Waals surface area contributed by atoms with Crippen LogP contribution in [0.15, 0.2) is 297 Å². The Labute approximate surface area is 422 Å². The first-order valence-electron chi connectivity index (χ1n) is 24.9. The lowest BCUT2D eigenvalue weighted by atomic mass is 9.67. The van der Waals surface area contributed by atoms with E-state index in [0.29, 0.717) is 0 Å². The first-order chi connectivity index (χ1) is 35.7. The fourth-order valence-corrected chi connectivity index (χ4v) is 11.3. The van der Waals surface area contributed by atoms with Gasteiger partial charge in [-0.3, -0.25) is 0 Å². The lowest BCUT2D eigenvalue weighted by Gasteiger charge is -2.34. The third kappa shape index (κ3) is 7.51. The minimum absolute atomic E-state index is 0.454. The van der Waals surface area contributed by atoms with Crippen LogP contribution in [0.5, 0.6) is 0 Å². The second-order valence-electron chi connectivity index (χ2n) is 18.8. The van der Waals surface area contributed by atoms with Crippen molar-refractivity contribution in [3.63, 3.8) is 0 Å². The molecule has 0 bridgehead atoms. The van der Waals surface area contributed by atoms with Gasteiger partial charge in [0.05, 0.1) is 5.41 Å². The molecule has 12 aromatic carbocycles. The summed E-state index contributed by atoms with van der Waals surface area (Å²) < 4.78 is 0. The molecule has 1 aliphatic rings. The molecule has 1 aliphatic carbocycles. The average Bonchev–Trinajstić information content (AvgIpc) is 3.78. The standard InChI is InChI=1S/C71H49N/c1-4-17-50(18-5-1)52-35-41-63(42-36-52)72(64-43-37-53(38-44-64)56-21-14-22-57(47-56)58-23-15-24-59(49-58)60-34-33-51-19-10-11-20-55(51)48-60)65-45-39-54(40-46-65)66-30-16-32-69-70(66)67-29-12-13-31-68(67)71(69,61-25-6-2-7-26-61)62-27-8-3-9-28-62/h1-49H. The van der Waals surface area contributed by atoms with Crippen LogP contribution in [-0.2, 0) is 5.41 Å². The Bertz CT molecular complexity index is 3840. The summed E-state index contributed by atoms with van der Waals surface area (Å²) in [5, 5.41) is 2.51. The predicted molar refractivity (Wildman–Crippen MR) is 303 cm³/mol. The molecule has 1 nitrogen and oxygen atoms in total. The van der Waals surface area contributed by atoms with Crippen LogP contribution in [0.3, 0.4) is 0 Å². The minimum Gasteiger partial charge on any atom is -0.311 e. The highest BCUT2D eigenvalue weighted by atomic mass is 15.1. The Balaban J connectivity index is 0.865. The summed E-state index contributed by atoms with van der Waals surface area (Å²) in [5.41, 5.74) is 22.5. The maximum Gasteiger partial charge on any atom is 0.0713 e. The zero-order valence-electron chi connectivity index (χ0n) is 39.7. The number of anilines is 3. The monoisotopic (exact) mass is 915 g/mol. The maximum atomic E-state index is 2.37. The largest absolute Gasteiger partial charge is 0.311 e.